The average Bonchev–Trinajstić information content (AvgIpc) is 2.61. The van der Waals surface area contributed by atoms with E-state index in [1.807, 2.05) is 50.2 Å². The van der Waals surface area contributed by atoms with Gasteiger partial charge in [0.2, 0.25) is 11.8 Å². The molecule has 0 unspecified atom stereocenters. The summed E-state index contributed by atoms with van der Waals surface area (Å²) in [6.45, 7) is 4.30. The number of carbonyl (C=O) groups is 2. The van der Waals surface area contributed by atoms with Crippen molar-refractivity contribution in [1.82, 2.24) is 4.90 Å². The number of halogens is 1. The van der Waals surface area contributed by atoms with Crippen molar-refractivity contribution in [1.29, 1.82) is 0 Å². The largest absolute Gasteiger partial charge is 0.334 e. The Morgan fingerprint density at radius 3 is 2.52 bits per heavy atom. The highest BCUT2D eigenvalue weighted by Crippen LogP contribution is 2.20. The quantitative estimate of drug-likeness (QED) is 0.811. The zero-order valence-corrected chi connectivity index (χ0v) is 15.3. The summed E-state index contributed by atoms with van der Waals surface area (Å²) in [5.74, 6) is -0.246. The number of amides is 2. The van der Waals surface area contributed by atoms with E-state index in [-0.39, 0.29) is 18.4 Å². The molecule has 0 saturated heterocycles. The van der Waals surface area contributed by atoms with Crippen LogP contribution in [0.4, 0.5) is 5.69 Å². The molecule has 0 aromatic heterocycles. The first-order chi connectivity index (χ1) is 12.0. The number of likely N-dealkylation sites (N-methyl/N-ethyl adjacent to an activating group) is 1. The molecule has 25 heavy (non-hydrogen) atoms. The normalized spacial score (nSPS) is 10.4. The monoisotopic (exact) mass is 358 g/mol. The Morgan fingerprint density at radius 2 is 1.84 bits per heavy atom. The van der Waals surface area contributed by atoms with E-state index in [9.17, 15) is 9.59 Å². The molecule has 2 aromatic rings. The molecule has 0 saturated carbocycles. The molecule has 0 heterocycles. The smallest absolute Gasteiger partial charge is 0.244 e. The standard InChI is InChI=1S/C20H23ClN2O2/c1-3-23(20(25)12-10-16-7-5-4-6-8-16)14-19(24)22-18-13-17(21)11-9-15(18)2/h4-9,11,13H,3,10,12,14H2,1-2H3,(H,22,24). The Morgan fingerprint density at radius 1 is 1.12 bits per heavy atom. The fourth-order valence-electron chi connectivity index (χ4n) is 2.52. The van der Waals surface area contributed by atoms with Gasteiger partial charge in [-0.05, 0) is 43.5 Å². The maximum Gasteiger partial charge on any atom is 0.244 e. The maximum absolute atomic E-state index is 12.4. The van der Waals surface area contributed by atoms with Crippen LogP contribution < -0.4 is 5.32 Å². The second-order valence-electron chi connectivity index (χ2n) is 5.90. The number of carbonyl (C=O) groups excluding carboxylic acids is 2. The van der Waals surface area contributed by atoms with Gasteiger partial charge < -0.3 is 10.2 Å². The van der Waals surface area contributed by atoms with Crippen molar-refractivity contribution in [2.24, 2.45) is 0 Å². The summed E-state index contributed by atoms with van der Waals surface area (Å²) in [6.07, 6.45) is 1.06. The number of anilines is 1. The minimum atomic E-state index is -0.222. The van der Waals surface area contributed by atoms with Crippen molar-refractivity contribution in [3.8, 4) is 0 Å². The topological polar surface area (TPSA) is 49.4 Å². The van der Waals surface area contributed by atoms with Gasteiger partial charge in [-0.25, -0.2) is 0 Å². The fourth-order valence-corrected chi connectivity index (χ4v) is 2.69. The summed E-state index contributed by atoms with van der Waals surface area (Å²) in [7, 11) is 0. The predicted octanol–water partition coefficient (Wildman–Crippen LogP) is 4.07. The molecule has 5 heteroatoms. The Kier molecular flexibility index (Phi) is 7.02. The lowest BCUT2D eigenvalue weighted by molar-refractivity contribution is -0.134. The van der Waals surface area contributed by atoms with Gasteiger partial charge in [0, 0.05) is 23.7 Å². The van der Waals surface area contributed by atoms with Gasteiger partial charge in [0.25, 0.3) is 0 Å². The number of hydrogen-bond donors (Lipinski definition) is 1. The van der Waals surface area contributed by atoms with Crippen molar-refractivity contribution >= 4 is 29.1 Å². The third-order valence-corrected chi connectivity index (χ3v) is 4.25. The van der Waals surface area contributed by atoms with Gasteiger partial charge in [-0.1, -0.05) is 48.0 Å². The second kappa shape index (κ2) is 9.23. The van der Waals surface area contributed by atoms with Crippen molar-refractivity contribution in [2.45, 2.75) is 26.7 Å². The lowest BCUT2D eigenvalue weighted by atomic mass is 10.1. The van der Waals surface area contributed by atoms with Crippen molar-refractivity contribution in [3.05, 3.63) is 64.7 Å². The van der Waals surface area contributed by atoms with E-state index in [4.69, 9.17) is 11.6 Å². The summed E-state index contributed by atoms with van der Waals surface area (Å²) in [5, 5.41) is 3.39. The predicted molar refractivity (Wildman–Crippen MR) is 102 cm³/mol. The third kappa shape index (κ3) is 5.91. The Balaban J connectivity index is 1.90. The van der Waals surface area contributed by atoms with Gasteiger partial charge in [-0.15, -0.1) is 0 Å². The van der Waals surface area contributed by atoms with Crippen LogP contribution in [-0.4, -0.2) is 29.8 Å². The highest BCUT2D eigenvalue weighted by molar-refractivity contribution is 6.31. The number of hydrogen-bond acceptors (Lipinski definition) is 2. The van der Waals surface area contributed by atoms with Crippen LogP contribution >= 0.6 is 11.6 Å². The van der Waals surface area contributed by atoms with E-state index in [0.29, 0.717) is 30.1 Å². The first kappa shape index (κ1) is 19.0. The second-order valence-corrected chi connectivity index (χ2v) is 6.34. The van der Waals surface area contributed by atoms with Crippen molar-refractivity contribution in [2.75, 3.05) is 18.4 Å². The number of aryl methyl sites for hydroxylation is 2. The Labute approximate surface area is 153 Å². The van der Waals surface area contributed by atoms with E-state index in [1.54, 1.807) is 17.0 Å². The fraction of sp³-hybridized carbons (Fsp3) is 0.300. The third-order valence-electron chi connectivity index (χ3n) is 4.01. The van der Waals surface area contributed by atoms with Crippen LogP contribution in [0.25, 0.3) is 0 Å². The molecule has 0 radical (unpaired) electrons. The lowest BCUT2D eigenvalue weighted by Gasteiger charge is -2.21. The molecule has 0 aliphatic heterocycles. The summed E-state index contributed by atoms with van der Waals surface area (Å²) < 4.78 is 0. The van der Waals surface area contributed by atoms with Crippen LogP contribution in [0.3, 0.4) is 0 Å². The summed E-state index contributed by atoms with van der Waals surface area (Å²) >= 11 is 5.97. The number of rotatable bonds is 7. The summed E-state index contributed by atoms with van der Waals surface area (Å²) in [4.78, 5) is 26.2. The lowest BCUT2D eigenvalue weighted by Crippen LogP contribution is -2.38. The van der Waals surface area contributed by atoms with Crippen LogP contribution in [0.1, 0.15) is 24.5 Å². The summed E-state index contributed by atoms with van der Waals surface area (Å²) in [6, 6.07) is 15.2. The summed E-state index contributed by atoms with van der Waals surface area (Å²) in [5.41, 5.74) is 2.72. The van der Waals surface area contributed by atoms with E-state index in [2.05, 4.69) is 5.32 Å². The van der Waals surface area contributed by atoms with Crippen LogP contribution in [0.5, 0.6) is 0 Å². The van der Waals surface area contributed by atoms with E-state index < -0.39 is 0 Å². The molecule has 4 nitrogen and oxygen atoms in total. The minimum Gasteiger partial charge on any atom is -0.334 e. The number of benzene rings is 2. The van der Waals surface area contributed by atoms with Crippen molar-refractivity contribution in [3.63, 3.8) is 0 Å². The molecule has 0 bridgehead atoms. The van der Waals surface area contributed by atoms with Gasteiger partial charge in [0.05, 0.1) is 6.54 Å². The first-order valence-corrected chi connectivity index (χ1v) is 8.75. The molecule has 2 rings (SSSR count). The SMILES string of the molecule is CCN(CC(=O)Nc1cc(Cl)ccc1C)C(=O)CCc1ccccc1. The van der Waals surface area contributed by atoms with Crippen LogP contribution in [0.15, 0.2) is 48.5 Å². The Hall–Kier alpha value is -2.33. The van der Waals surface area contributed by atoms with Crippen molar-refractivity contribution < 1.29 is 9.59 Å². The van der Waals surface area contributed by atoms with Crippen LogP contribution in [-0.2, 0) is 16.0 Å². The highest BCUT2D eigenvalue weighted by Gasteiger charge is 2.16. The van der Waals surface area contributed by atoms with E-state index in [0.717, 1.165) is 11.1 Å². The maximum atomic E-state index is 12.4. The van der Waals surface area contributed by atoms with Gasteiger partial charge in [0.1, 0.15) is 0 Å². The molecule has 0 aliphatic rings. The van der Waals surface area contributed by atoms with Gasteiger partial charge in [0.15, 0.2) is 0 Å². The molecule has 0 fully saturated rings. The molecule has 0 aliphatic carbocycles. The van der Waals surface area contributed by atoms with Gasteiger partial charge in [-0.2, -0.15) is 0 Å². The molecular formula is C20H23ClN2O2. The molecular weight excluding hydrogens is 336 g/mol. The molecule has 0 spiro atoms. The molecule has 132 valence electrons. The Bertz CT molecular complexity index is 732. The van der Waals surface area contributed by atoms with Crippen LogP contribution in [0.2, 0.25) is 5.02 Å². The van der Waals surface area contributed by atoms with Crippen LogP contribution in [0, 0.1) is 6.92 Å². The highest BCUT2D eigenvalue weighted by atomic mass is 35.5. The molecule has 2 aromatic carbocycles. The number of nitrogens with zero attached hydrogens (tertiary/aromatic N) is 1. The van der Waals surface area contributed by atoms with Gasteiger partial charge >= 0.3 is 0 Å². The molecule has 0 atom stereocenters. The average molecular weight is 359 g/mol. The van der Waals surface area contributed by atoms with E-state index >= 15 is 0 Å². The zero-order chi connectivity index (χ0) is 18.2. The molecule has 1 N–H and O–H groups in total. The van der Waals surface area contributed by atoms with E-state index in [1.165, 1.54) is 0 Å². The zero-order valence-electron chi connectivity index (χ0n) is 14.6. The minimum absolute atomic E-state index is 0.0238. The first-order valence-electron chi connectivity index (χ1n) is 8.37. The number of nitrogens with one attached hydrogen (secondary N) is 1. The van der Waals surface area contributed by atoms with Gasteiger partial charge in [-0.3, -0.25) is 9.59 Å². The molecule has 2 amide bonds.